The minimum atomic E-state index is -3.44. The van der Waals surface area contributed by atoms with Gasteiger partial charge in [0.1, 0.15) is 0 Å². The number of piperazine rings is 1. The van der Waals surface area contributed by atoms with Gasteiger partial charge < -0.3 is 0 Å². The molecular weight excluding hydrogens is 332 g/mol. The van der Waals surface area contributed by atoms with Gasteiger partial charge in [-0.25, -0.2) is 8.42 Å². The topological polar surface area (TPSA) is 40.6 Å². The lowest BCUT2D eigenvalue weighted by Gasteiger charge is -2.43. The van der Waals surface area contributed by atoms with E-state index in [2.05, 4.69) is 30.9 Å². The monoisotopic (exact) mass is 358 g/mol. The summed E-state index contributed by atoms with van der Waals surface area (Å²) in [4.78, 5) is 2.78. The molecule has 4 nitrogen and oxygen atoms in total. The molecule has 0 amide bonds. The minimum absolute atomic E-state index is 0.170. The van der Waals surface area contributed by atoms with E-state index in [4.69, 9.17) is 0 Å². The van der Waals surface area contributed by atoms with Crippen LogP contribution >= 0.6 is 0 Å². The van der Waals surface area contributed by atoms with E-state index in [0.29, 0.717) is 18.0 Å². The van der Waals surface area contributed by atoms with Crippen molar-refractivity contribution in [2.75, 3.05) is 13.1 Å². The van der Waals surface area contributed by atoms with Crippen molar-refractivity contribution in [3.63, 3.8) is 0 Å². The molecule has 3 rings (SSSR count). The van der Waals surface area contributed by atoms with Gasteiger partial charge in [0.15, 0.2) is 0 Å². The molecule has 0 aromatic heterocycles. The number of aryl methyl sites for hydroxylation is 1. The zero-order valence-corrected chi connectivity index (χ0v) is 15.9. The van der Waals surface area contributed by atoms with Crippen molar-refractivity contribution in [1.82, 2.24) is 9.21 Å². The Hall–Kier alpha value is -1.69. The van der Waals surface area contributed by atoms with Crippen LogP contribution in [0.1, 0.15) is 25.0 Å². The van der Waals surface area contributed by atoms with Crippen LogP contribution in [0.3, 0.4) is 0 Å². The number of hydrogen-bond acceptors (Lipinski definition) is 3. The molecule has 25 heavy (non-hydrogen) atoms. The predicted octanol–water partition coefficient (Wildman–Crippen LogP) is 3.28. The number of benzene rings is 2. The Bertz CT molecular complexity index is 809. The molecule has 0 N–H and O–H groups in total. The molecule has 0 aliphatic carbocycles. The minimum Gasteiger partial charge on any atom is -0.291 e. The summed E-state index contributed by atoms with van der Waals surface area (Å²) in [5.74, 6) is 0. The van der Waals surface area contributed by atoms with Crippen molar-refractivity contribution < 1.29 is 8.42 Å². The lowest BCUT2D eigenvalue weighted by molar-refractivity contribution is 0.0699. The van der Waals surface area contributed by atoms with Gasteiger partial charge in [0.05, 0.1) is 4.90 Å². The maximum atomic E-state index is 13.0. The summed E-state index contributed by atoms with van der Waals surface area (Å²) in [5.41, 5.74) is 2.22. The smallest absolute Gasteiger partial charge is 0.243 e. The molecule has 0 bridgehead atoms. The summed E-state index contributed by atoms with van der Waals surface area (Å²) in [7, 11) is -3.44. The molecule has 2 atom stereocenters. The number of rotatable bonds is 4. The summed E-state index contributed by atoms with van der Waals surface area (Å²) in [6, 6.07) is 17.9. The van der Waals surface area contributed by atoms with Crippen LogP contribution < -0.4 is 0 Å². The van der Waals surface area contributed by atoms with Crippen molar-refractivity contribution in [3.8, 4) is 0 Å². The molecule has 0 spiro atoms. The second-order valence-corrected chi connectivity index (χ2v) is 8.93. The second kappa shape index (κ2) is 7.28. The highest BCUT2D eigenvalue weighted by Crippen LogP contribution is 2.25. The third kappa shape index (κ3) is 3.94. The Morgan fingerprint density at radius 1 is 0.960 bits per heavy atom. The van der Waals surface area contributed by atoms with E-state index in [1.54, 1.807) is 22.5 Å². The van der Waals surface area contributed by atoms with Crippen molar-refractivity contribution in [3.05, 3.63) is 65.7 Å². The highest BCUT2D eigenvalue weighted by Gasteiger charge is 2.36. The molecule has 1 aliphatic heterocycles. The number of sulfonamides is 1. The third-order valence-corrected chi connectivity index (χ3v) is 6.73. The molecule has 1 saturated heterocycles. The fourth-order valence-electron chi connectivity index (χ4n) is 3.54. The highest BCUT2D eigenvalue weighted by molar-refractivity contribution is 7.89. The molecule has 2 aromatic rings. The average Bonchev–Trinajstić information content (AvgIpc) is 2.59. The number of nitrogens with zero attached hydrogens (tertiary/aromatic N) is 2. The largest absolute Gasteiger partial charge is 0.291 e. The molecule has 2 aromatic carbocycles. The van der Waals surface area contributed by atoms with Crippen LogP contribution in [0.5, 0.6) is 0 Å². The average molecular weight is 359 g/mol. The Morgan fingerprint density at radius 2 is 1.60 bits per heavy atom. The van der Waals surface area contributed by atoms with Gasteiger partial charge in [-0.1, -0.05) is 42.5 Å². The summed E-state index contributed by atoms with van der Waals surface area (Å²) in [6.07, 6.45) is 0. The maximum absolute atomic E-state index is 13.0. The van der Waals surface area contributed by atoms with E-state index < -0.39 is 10.0 Å². The van der Waals surface area contributed by atoms with Crippen LogP contribution in [0.2, 0.25) is 0 Å². The normalized spacial score (nSPS) is 22.8. The SMILES string of the molecule is Cc1cccc(S(=O)(=O)N2CC(C)N(Cc3ccccc3)C(C)C2)c1. The summed E-state index contributed by atoms with van der Waals surface area (Å²) in [6.45, 7) is 8.03. The summed E-state index contributed by atoms with van der Waals surface area (Å²) < 4.78 is 27.6. The second-order valence-electron chi connectivity index (χ2n) is 6.99. The Morgan fingerprint density at radius 3 is 2.20 bits per heavy atom. The molecule has 134 valence electrons. The summed E-state index contributed by atoms with van der Waals surface area (Å²) >= 11 is 0. The summed E-state index contributed by atoms with van der Waals surface area (Å²) in [5, 5.41) is 0. The lowest BCUT2D eigenvalue weighted by atomic mass is 10.1. The van der Waals surface area contributed by atoms with E-state index in [-0.39, 0.29) is 12.1 Å². The maximum Gasteiger partial charge on any atom is 0.243 e. The number of hydrogen-bond donors (Lipinski definition) is 0. The van der Waals surface area contributed by atoms with Crippen LogP contribution in [-0.4, -0.2) is 42.8 Å². The molecule has 1 heterocycles. The van der Waals surface area contributed by atoms with Crippen molar-refractivity contribution in [2.24, 2.45) is 0 Å². The molecule has 1 aliphatic rings. The van der Waals surface area contributed by atoms with Gasteiger partial charge in [-0.3, -0.25) is 4.90 Å². The van der Waals surface area contributed by atoms with Crippen LogP contribution in [0.25, 0.3) is 0 Å². The third-order valence-electron chi connectivity index (χ3n) is 4.90. The van der Waals surface area contributed by atoms with Gasteiger partial charge in [-0.15, -0.1) is 0 Å². The first kappa shape index (κ1) is 18.1. The lowest BCUT2D eigenvalue weighted by Crippen LogP contribution is -2.57. The van der Waals surface area contributed by atoms with Gasteiger partial charge in [0, 0.05) is 31.7 Å². The molecule has 5 heteroatoms. The fourth-order valence-corrected chi connectivity index (χ4v) is 5.24. The predicted molar refractivity (Wildman–Crippen MR) is 101 cm³/mol. The first-order chi connectivity index (χ1) is 11.9. The van der Waals surface area contributed by atoms with Crippen LogP contribution in [0.4, 0.5) is 0 Å². The van der Waals surface area contributed by atoms with Crippen LogP contribution in [-0.2, 0) is 16.6 Å². The van der Waals surface area contributed by atoms with Gasteiger partial charge in [0.25, 0.3) is 0 Å². The van der Waals surface area contributed by atoms with E-state index in [1.807, 2.05) is 31.2 Å². The van der Waals surface area contributed by atoms with Gasteiger partial charge in [0.2, 0.25) is 10.0 Å². The first-order valence-corrected chi connectivity index (χ1v) is 10.2. The van der Waals surface area contributed by atoms with Crippen molar-refractivity contribution >= 4 is 10.0 Å². The Kier molecular flexibility index (Phi) is 5.27. The van der Waals surface area contributed by atoms with Crippen LogP contribution in [0.15, 0.2) is 59.5 Å². The molecule has 0 radical (unpaired) electrons. The van der Waals surface area contributed by atoms with E-state index in [0.717, 1.165) is 12.1 Å². The van der Waals surface area contributed by atoms with E-state index >= 15 is 0 Å². The fraction of sp³-hybridized carbons (Fsp3) is 0.400. The molecule has 1 fully saturated rings. The van der Waals surface area contributed by atoms with Gasteiger partial charge in [-0.05, 0) is 44.0 Å². The van der Waals surface area contributed by atoms with E-state index in [9.17, 15) is 8.42 Å². The molecule has 2 unspecified atom stereocenters. The zero-order chi connectivity index (χ0) is 18.0. The van der Waals surface area contributed by atoms with Crippen LogP contribution in [0, 0.1) is 6.92 Å². The van der Waals surface area contributed by atoms with Crippen molar-refractivity contribution in [1.29, 1.82) is 0 Å². The van der Waals surface area contributed by atoms with Gasteiger partial charge >= 0.3 is 0 Å². The molecule has 0 saturated carbocycles. The Balaban J connectivity index is 1.77. The first-order valence-electron chi connectivity index (χ1n) is 8.74. The Labute approximate surface area is 151 Å². The van der Waals surface area contributed by atoms with E-state index in [1.165, 1.54) is 5.56 Å². The molecular formula is C20H26N2O2S. The van der Waals surface area contributed by atoms with Gasteiger partial charge in [-0.2, -0.15) is 4.31 Å². The standard InChI is InChI=1S/C20H26N2O2S/c1-16-8-7-11-20(12-16)25(23,24)21-13-17(2)22(18(3)14-21)15-19-9-5-4-6-10-19/h4-12,17-18H,13-15H2,1-3H3. The highest BCUT2D eigenvalue weighted by atomic mass is 32.2. The van der Waals surface area contributed by atoms with Crippen molar-refractivity contribution in [2.45, 2.75) is 44.3 Å². The zero-order valence-electron chi connectivity index (χ0n) is 15.1. The quantitative estimate of drug-likeness (QED) is 0.842.